The summed E-state index contributed by atoms with van der Waals surface area (Å²) >= 11 is 0. The Labute approximate surface area is 315 Å². The molecule has 1 aromatic heterocycles. The first-order valence-electron chi connectivity index (χ1n) is 17.6. The van der Waals surface area contributed by atoms with Crippen LogP contribution in [0.25, 0.3) is 11.3 Å². The molecule has 0 saturated carbocycles. The summed E-state index contributed by atoms with van der Waals surface area (Å²) in [6.07, 6.45) is 0.179. The molecule has 0 aliphatic rings. The van der Waals surface area contributed by atoms with Crippen LogP contribution in [-0.2, 0) is 39.7 Å². The number of hydrogen-bond donors (Lipinski definition) is 2. The van der Waals surface area contributed by atoms with Gasteiger partial charge in [-0.3, -0.25) is 9.78 Å². The number of aromatic nitrogens is 1. The molecule has 6 rings (SSSR count). The summed E-state index contributed by atoms with van der Waals surface area (Å²) in [5, 5.41) is 17.9. The first-order valence-corrected chi connectivity index (χ1v) is 17.6. The normalized spacial score (nSPS) is 11.3. The molecule has 0 fully saturated rings. The molecule has 9 heteroatoms. The molecule has 0 radical (unpaired) electrons. The minimum Gasteiger partial charge on any atom is -0.497 e. The average Bonchev–Trinajstić information content (AvgIpc) is 3.23. The Balaban J connectivity index is 1.16. The minimum atomic E-state index is -1.53. The second kappa shape index (κ2) is 18.2. The first kappa shape index (κ1) is 37.7. The van der Waals surface area contributed by atoms with Gasteiger partial charge >= 0.3 is 5.97 Å². The maximum absolute atomic E-state index is 11.9. The van der Waals surface area contributed by atoms with E-state index in [0.29, 0.717) is 12.4 Å². The Hall–Kier alpha value is -6.00. The van der Waals surface area contributed by atoms with E-state index in [9.17, 15) is 4.79 Å². The SMILES string of the molecule is COc1ccc(C(OCc2ccc(-c3cccc(OCc4cccc(COC(=O)CCC(O)O)c4)c3)nc2)(c2ccccc2)c2ccc(OC)cc2)cc1. The fourth-order valence-corrected chi connectivity index (χ4v) is 6.15. The molecule has 5 aromatic carbocycles. The number of aliphatic hydroxyl groups is 2. The van der Waals surface area contributed by atoms with Crippen molar-refractivity contribution in [2.75, 3.05) is 14.2 Å². The number of hydrogen-bond acceptors (Lipinski definition) is 9. The minimum absolute atomic E-state index is 0.0632. The highest BCUT2D eigenvalue weighted by Crippen LogP contribution is 2.42. The Morgan fingerprint density at radius 3 is 1.87 bits per heavy atom. The van der Waals surface area contributed by atoms with Crippen molar-refractivity contribution in [2.45, 2.75) is 44.6 Å². The van der Waals surface area contributed by atoms with Crippen molar-refractivity contribution in [1.82, 2.24) is 4.98 Å². The highest BCUT2D eigenvalue weighted by molar-refractivity contribution is 5.69. The largest absolute Gasteiger partial charge is 0.497 e. The zero-order valence-corrected chi connectivity index (χ0v) is 30.3. The zero-order valence-electron chi connectivity index (χ0n) is 30.3. The van der Waals surface area contributed by atoms with Gasteiger partial charge in [0.25, 0.3) is 0 Å². The number of ether oxygens (including phenoxy) is 5. The van der Waals surface area contributed by atoms with Gasteiger partial charge in [-0.1, -0.05) is 91.0 Å². The van der Waals surface area contributed by atoms with E-state index in [1.807, 2.05) is 134 Å². The topological polar surface area (TPSA) is 117 Å². The Bertz CT molecular complexity index is 2040. The number of pyridine rings is 1. The van der Waals surface area contributed by atoms with E-state index >= 15 is 0 Å². The smallest absolute Gasteiger partial charge is 0.306 e. The van der Waals surface area contributed by atoms with Gasteiger partial charge in [0.1, 0.15) is 36.1 Å². The van der Waals surface area contributed by atoms with Gasteiger partial charge in [-0.2, -0.15) is 0 Å². The molecule has 0 spiro atoms. The Kier molecular flexibility index (Phi) is 12.7. The molecule has 54 heavy (non-hydrogen) atoms. The lowest BCUT2D eigenvalue weighted by atomic mass is 9.80. The molecule has 6 aromatic rings. The van der Waals surface area contributed by atoms with E-state index in [1.54, 1.807) is 14.2 Å². The van der Waals surface area contributed by atoms with Crippen molar-refractivity contribution in [2.24, 2.45) is 0 Å². The average molecular weight is 726 g/mol. The van der Waals surface area contributed by atoms with Gasteiger partial charge in [-0.25, -0.2) is 0 Å². The highest BCUT2D eigenvalue weighted by atomic mass is 16.5. The van der Waals surface area contributed by atoms with Crippen LogP contribution in [0.15, 0.2) is 146 Å². The number of carbonyl (C=O) groups excluding carboxylic acids is 1. The number of nitrogens with zero attached hydrogens (tertiary/aromatic N) is 1. The summed E-state index contributed by atoms with van der Waals surface area (Å²) in [4.78, 5) is 16.7. The molecule has 0 unspecified atom stereocenters. The monoisotopic (exact) mass is 725 g/mol. The third-order valence-corrected chi connectivity index (χ3v) is 8.99. The van der Waals surface area contributed by atoms with Crippen LogP contribution in [0.3, 0.4) is 0 Å². The molecule has 0 atom stereocenters. The lowest BCUT2D eigenvalue weighted by Gasteiger charge is -2.36. The summed E-state index contributed by atoms with van der Waals surface area (Å²) in [5.41, 5.74) is 6.27. The number of esters is 1. The first-order chi connectivity index (χ1) is 26.4. The number of rotatable bonds is 17. The molecule has 0 amide bonds. The second-order valence-electron chi connectivity index (χ2n) is 12.7. The standard InChI is InChI=1S/C45H43NO8/c1-50-39-19-15-37(16-20-39)45(36-11-4-3-5-12-36,38-17-21-40(51-2)22-18-38)54-31-34-14-23-42(46-28-34)35-10-7-13-41(27-35)52-29-32-8-6-9-33(26-32)30-53-44(49)25-24-43(47)48/h3-23,26-28,43,47-48H,24-25,29-31H2,1-2H3. The van der Waals surface area contributed by atoms with Crippen LogP contribution < -0.4 is 14.2 Å². The van der Waals surface area contributed by atoms with Crippen LogP contribution in [0, 0.1) is 0 Å². The summed E-state index contributed by atoms with van der Waals surface area (Å²) < 4.78 is 29.4. The van der Waals surface area contributed by atoms with E-state index in [0.717, 1.165) is 56.1 Å². The van der Waals surface area contributed by atoms with Gasteiger partial charge in [0.05, 0.1) is 32.9 Å². The molecular formula is C45H43NO8. The molecule has 1 heterocycles. The second-order valence-corrected chi connectivity index (χ2v) is 12.7. The molecule has 0 aliphatic carbocycles. The van der Waals surface area contributed by atoms with E-state index < -0.39 is 17.9 Å². The van der Waals surface area contributed by atoms with E-state index in [2.05, 4.69) is 12.1 Å². The maximum Gasteiger partial charge on any atom is 0.306 e. The molecule has 0 saturated heterocycles. The van der Waals surface area contributed by atoms with Crippen molar-refractivity contribution in [3.05, 3.63) is 179 Å². The van der Waals surface area contributed by atoms with Gasteiger partial charge in [0.15, 0.2) is 6.29 Å². The van der Waals surface area contributed by atoms with Crippen LogP contribution in [0.2, 0.25) is 0 Å². The van der Waals surface area contributed by atoms with E-state index in [4.69, 9.17) is 38.9 Å². The number of carbonyl (C=O) groups is 1. The number of aliphatic hydroxyl groups excluding tert-OH is 1. The van der Waals surface area contributed by atoms with Crippen LogP contribution in [-0.4, -0.2) is 41.7 Å². The number of benzene rings is 5. The van der Waals surface area contributed by atoms with Crippen molar-refractivity contribution < 1.29 is 38.7 Å². The summed E-state index contributed by atoms with van der Waals surface area (Å²) in [7, 11) is 3.31. The zero-order chi connectivity index (χ0) is 37.8. The third kappa shape index (κ3) is 9.50. The van der Waals surface area contributed by atoms with Crippen LogP contribution in [0.1, 0.15) is 46.2 Å². The Morgan fingerprint density at radius 2 is 1.26 bits per heavy atom. The Morgan fingerprint density at radius 1 is 0.630 bits per heavy atom. The summed E-state index contributed by atoms with van der Waals surface area (Å²) in [5.74, 6) is 1.72. The van der Waals surface area contributed by atoms with Crippen molar-refractivity contribution in [1.29, 1.82) is 0 Å². The van der Waals surface area contributed by atoms with Crippen LogP contribution in [0.4, 0.5) is 0 Å². The fourth-order valence-electron chi connectivity index (χ4n) is 6.15. The van der Waals surface area contributed by atoms with Crippen LogP contribution >= 0.6 is 0 Å². The molecular weight excluding hydrogens is 682 g/mol. The van der Waals surface area contributed by atoms with Gasteiger partial charge < -0.3 is 33.9 Å². The summed E-state index contributed by atoms with van der Waals surface area (Å²) in [6, 6.07) is 45.5. The number of methoxy groups -OCH3 is 2. The lowest BCUT2D eigenvalue weighted by molar-refractivity contribution is -0.147. The highest BCUT2D eigenvalue weighted by Gasteiger charge is 2.38. The third-order valence-electron chi connectivity index (χ3n) is 8.99. The maximum atomic E-state index is 11.9. The predicted octanol–water partition coefficient (Wildman–Crippen LogP) is 7.99. The van der Waals surface area contributed by atoms with Crippen molar-refractivity contribution in [3.63, 3.8) is 0 Å². The van der Waals surface area contributed by atoms with E-state index in [1.165, 1.54) is 0 Å². The molecule has 0 aliphatic heterocycles. The molecule has 0 bridgehead atoms. The molecule has 2 N–H and O–H groups in total. The van der Waals surface area contributed by atoms with Gasteiger partial charge in [0, 0.05) is 18.2 Å². The summed E-state index contributed by atoms with van der Waals surface area (Å²) in [6.45, 7) is 0.692. The van der Waals surface area contributed by atoms with E-state index in [-0.39, 0.29) is 26.1 Å². The lowest BCUT2D eigenvalue weighted by Crippen LogP contribution is -2.32. The fraction of sp³-hybridized carbons (Fsp3) is 0.200. The van der Waals surface area contributed by atoms with Gasteiger partial charge in [-0.15, -0.1) is 0 Å². The van der Waals surface area contributed by atoms with Crippen molar-refractivity contribution in [3.8, 4) is 28.5 Å². The molecule has 9 nitrogen and oxygen atoms in total. The predicted molar refractivity (Wildman–Crippen MR) is 205 cm³/mol. The van der Waals surface area contributed by atoms with Crippen molar-refractivity contribution >= 4 is 5.97 Å². The van der Waals surface area contributed by atoms with Gasteiger partial charge in [0.2, 0.25) is 0 Å². The van der Waals surface area contributed by atoms with Crippen LogP contribution in [0.5, 0.6) is 17.2 Å². The quantitative estimate of drug-likeness (QED) is 0.0549. The molecule has 276 valence electrons. The van der Waals surface area contributed by atoms with Gasteiger partial charge in [-0.05, 0) is 81.9 Å².